The molecule has 0 fully saturated rings. The molecule has 104 valence electrons. The van der Waals surface area contributed by atoms with Crippen LogP contribution in [0.5, 0.6) is 0 Å². The molecule has 0 aliphatic heterocycles. The second kappa shape index (κ2) is 5.68. The third-order valence-corrected chi connectivity index (χ3v) is 5.21. The Labute approximate surface area is 113 Å². The van der Waals surface area contributed by atoms with Crippen molar-refractivity contribution in [1.82, 2.24) is 5.32 Å². The molecule has 6 heteroatoms. The predicted octanol–water partition coefficient (Wildman–Crippen LogP) is 1.61. The summed E-state index contributed by atoms with van der Waals surface area (Å²) in [5.74, 6) is -0.418. The van der Waals surface area contributed by atoms with E-state index in [0.717, 1.165) is 0 Å². The molecule has 0 atom stereocenters. The van der Waals surface area contributed by atoms with Crippen LogP contribution >= 0.6 is 0 Å². The Balaban J connectivity index is 2.74. The number of nitrogens with one attached hydrogen (secondary N) is 1. The highest BCUT2D eigenvalue weighted by Crippen LogP contribution is 2.15. The summed E-state index contributed by atoms with van der Waals surface area (Å²) < 4.78 is 35.2. The Kier molecular flexibility index (Phi) is 4.66. The Morgan fingerprint density at radius 3 is 2.58 bits per heavy atom. The van der Waals surface area contributed by atoms with Gasteiger partial charge in [-0.15, -0.1) is 0 Å². The van der Waals surface area contributed by atoms with Gasteiger partial charge in [-0.3, -0.25) is 0 Å². The summed E-state index contributed by atoms with van der Waals surface area (Å²) in [6.45, 7) is 3.71. The average Bonchev–Trinajstić information content (AvgIpc) is 2.27. The van der Waals surface area contributed by atoms with E-state index in [1.54, 1.807) is 13.8 Å². The largest absolute Gasteiger partial charge is 0.311 e. The van der Waals surface area contributed by atoms with Crippen molar-refractivity contribution in [3.63, 3.8) is 0 Å². The van der Waals surface area contributed by atoms with Crippen molar-refractivity contribution in [3.8, 4) is 6.07 Å². The van der Waals surface area contributed by atoms with Gasteiger partial charge in [0.1, 0.15) is 5.82 Å². The van der Waals surface area contributed by atoms with Crippen LogP contribution in [0, 0.1) is 17.1 Å². The van der Waals surface area contributed by atoms with Crippen molar-refractivity contribution in [2.45, 2.75) is 25.1 Å². The van der Waals surface area contributed by atoms with E-state index in [1.807, 2.05) is 6.07 Å². The van der Waals surface area contributed by atoms with Gasteiger partial charge in [-0.2, -0.15) is 5.26 Å². The highest BCUT2D eigenvalue weighted by atomic mass is 32.2. The zero-order valence-corrected chi connectivity index (χ0v) is 12.0. The molecule has 0 saturated carbocycles. The first-order valence-electron chi connectivity index (χ1n) is 5.76. The molecule has 1 N–H and O–H groups in total. The van der Waals surface area contributed by atoms with Gasteiger partial charge >= 0.3 is 0 Å². The van der Waals surface area contributed by atoms with Crippen LogP contribution < -0.4 is 5.32 Å². The highest BCUT2D eigenvalue weighted by molar-refractivity contribution is 7.92. The molecule has 0 spiro atoms. The van der Waals surface area contributed by atoms with Gasteiger partial charge < -0.3 is 5.32 Å². The first kappa shape index (κ1) is 15.6. The third-order valence-electron chi connectivity index (χ3n) is 3.06. The molecule has 19 heavy (non-hydrogen) atoms. The van der Waals surface area contributed by atoms with E-state index in [9.17, 15) is 12.8 Å². The molecule has 1 aromatic carbocycles. The molecule has 0 aliphatic rings. The summed E-state index contributed by atoms with van der Waals surface area (Å²) in [6, 6.07) is 5.89. The van der Waals surface area contributed by atoms with Gasteiger partial charge in [0, 0.05) is 19.3 Å². The van der Waals surface area contributed by atoms with Crippen molar-refractivity contribution in [2.75, 3.05) is 12.8 Å². The lowest BCUT2D eigenvalue weighted by molar-refractivity contribution is 0.520. The molecule has 0 saturated heterocycles. The highest BCUT2D eigenvalue weighted by Gasteiger charge is 2.29. The van der Waals surface area contributed by atoms with E-state index in [4.69, 9.17) is 5.26 Å². The number of nitriles is 1. The zero-order valence-electron chi connectivity index (χ0n) is 11.2. The molecular formula is C13H17FN2O2S. The minimum atomic E-state index is -3.18. The van der Waals surface area contributed by atoms with Crippen molar-refractivity contribution in [2.24, 2.45) is 0 Å². The van der Waals surface area contributed by atoms with Crippen molar-refractivity contribution < 1.29 is 12.8 Å². The van der Waals surface area contributed by atoms with Gasteiger partial charge in [-0.25, -0.2) is 12.8 Å². The zero-order chi connectivity index (χ0) is 14.7. The van der Waals surface area contributed by atoms with Crippen LogP contribution in [-0.4, -0.2) is 26.0 Å². The summed E-state index contributed by atoms with van der Waals surface area (Å²) in [5.41, 5.74) is 0.901. The lowest BCUT2D eigenvalue weighted by Gasteiger charge is -2.23. The first-order valence-corrected chi connectivity index (χ1v) is 7.65. The number of sulfone groups is 1. The monoisotopic (exact) mass is 284 g/mol. The Bertz CT molecular complexity index is 604. The van der Waals surface area contributed by atoms with Crippen molar-refractivity contribution >= 4 is 9.84 Å². The number of hydrogen-bond donors (Lipinski definition) is 1. The smallest absolute Gasteiger partial charge is 0.153 e. The van der Waals surface area contributed by atoms with E-state index in [1.165, 1.54) is 24.5 Å². The van der Waals surface area contributed by atoms with Crippen LogP contribution in [-0.2, 0) is 16.4 Å². The number of nitrogens with zero attached hydrogens (tertiary/aromatic N) is 1. The summed E-state index contributed by atoms with van der Waals surface area (Å²) in [5, 5.41) is 11.9. The molecule has 0 radical (unpaired) electrons. The summed E-state index contributed by atoms with van der Waals surface area (Å²) in [7, 11) is -3.18. The topological polar surface area (TPSA) is 70.0 Å². The molecule has 0 bridgehead atoms. The van der Waals surface area contributed by atoms with Crippen LogP contribution in [0.25, 0.3) is 0 Å². The normalized spacial score (nSPS) is 12.2. The summed E-state index contributed by atoms with van der Waals surface area (Å²) in [6.07, 6.45) is 1.18. The molecular weight excluding hydrogens is 267 g/mol. The summed E-state index contributed by atoms with van der Waals surface area (Å²) in [4.78, 5) is 0. The third kappa shape index (κ3) is 4.01. The van der Waals surface area contributed by atoms with E-state index >= 15 is 0 Å². The molecule has 0 unspecified atom stereocenters. The van der Waals surface area contributed by atoms with Gasteiger partial charge in [0.05, 0.1) is 16.4 Å². The quantitative estimate of drug-likeness (QED) is 0.892. The van der Waals surface area contributed by atoms with Crippen LogP contribution in [0.1, 0.15) is 25.0 Å². The van der Waals surface area contributed by atoms with Crippen molar-refractivity contribution in [1.29, 1.82) is 5.26 Å². The first-order chi connectivity index (χ1) is 8.67. The SMILES string of the molecule is CC(C)(CNCc1cc(F)ccc1C#N)S(C)(=O)=O. The lowest BCUT2D eigenvalue weighted by atomic mass is 10.1. The van der Waals surface area contributed by atoms with Crippen LogP contribution in [0.2, 0.25) is 0 Å². The second-order valence-electron chi connectivity index (χ2n) is 5.05. The van der Waals surface area contributed by atoms with Crippen LogP contribution in [0.4, 0.5) is 4.39 Å². The van der Waals surface area contributed by atoms with E-state index in [-0.39, 0.29) is 13.1 Å². The molecule has 4 nitrogen and oxygen atoms in total. The lowest BCUT2D eigenvalue weighted by Crippen LogP contribution is -2.41. The minimum Gasteiger partial charge on any atom is -0.311 e. The van der Waals surface area contributed by atoms with E-state index in [0.29, 0.717) is 11.1 Å². The maximum Gasteiger partial charge on any atom is 0.153 e. The minimum absolute atomic E-state index is 0.229. The fraction of sp³-hybridized carbons (Fsp3) is 0.462. The Morgan fingerprint density at radius 2 is 2.05 bits per heavy atom. The van der Waals surface area contributed by atoms with Crippen molar-refractivity contribution in [3.05, 3.63) is 35.1 Å². The van der Waals surface area contributed by atoms with Gasteiger partial charge in [-0.1, -0.05) is 0 Å². The maximum atomic E-state index is 13.1. The van der Waals surface area contributed by atoms with E-state index < -0.39 is 20.4 Å². The molecule has 0 aliphatic carbocycles. The average molecular weight is 284 g/mol. The molecule has 0 heterocycles. The van der Waals surface area contributed by atoms with Crippen LogP contribution in [0.3, 0.4) is 0 Å². The van der Waals surface area contributed by atoms with Crippen LogP contribution in [0.15, 0.2) is 18.2 Å². The molecule has 0 amide bonds. The fourth-order valence-electron chi connectivity index (χ4n) is 1.45. The van der Waals surface area contributed by atoms with Gasteiger partial charge in [0.2, 0.25) is 0 Å². The van der Waals surface area contributed by atoms with Gasteiger partial charge in [0.25, 0.3) is 0 Å². The number of rotatable bonds is 5. The standard InChI is InChI=1S/C13H17FN2O2S/c1-13(2,19(3,17)18)9-16-8-11-6-12(14)5-4-10(11)7-15/h4-6,16H,8-9H2,1-3H3. The maximum absolute atomic E-state index is 13.1. The molecule has 1 rings (SSSR count). The Morgan fingerprint density at radius 1 is 1.42 bits per heavy atom. The molecule has 0 aromatic heterocycles. The molecule has 1 aromatic rings. The number of hydrogen-bond acceptors (Lipinski definition) is 4. The predicted molar refractivity (Wildman–Crippen MR) is 71.7 cm³/mol. The van der Waals surface area contributed by atoms with E-state index in [2.05, 4.69) is 5.32 Å². The number of halogens is 1. The van der Waals surface area contributed by atoms with Gasteiger partial charge in [-0.05, 0) is 37.6 Å². The second-order valence-corrected chi connectivity index (χ2v) is 7.70. The fourth-order valence-corrected chi connectivity index (χ4v) is 1.81. The Hall–Kier alpha value is -1.45. The summed E-state index contributed by atoms with van der Waals surface area (Å²) >= 11 is 0. The van der Waals surface area contributed by atoms with Gasteiger partial charge in [0.15, 0.2) is 9.84 Å². The number of benzene rings is 1.